The Balaban J connectivity index is 0.000000178. The predicted molar refractivity (Wildman–Crippen MR) is 380 cm³/mol. The van der Waals surface area contributed by atoms with Crippen LogP contribution in [0.5, 0.6) is 11.5 Å². The quantitative estimate of drug-likeness (QED) is 0.0293. The lowest BCUT2D eigenvalue weighted by molar-refractivity contribution is -0.175. The van der Waals surface area contributed by atoms with Gasteiger partial charge in [0.05, 0.1) is 41.1 Å². The van der Waals surface area contributed by atoms with E-state index in [1.54, 1.807) is 0 Å². The summed E-state index contributed by atoms with van der Waals surface area (Å²) in [4.78, 5) is 70.1. The van der Waals surface area contributed by atoms with Gasteiger partial charge in [0.15, 0.2) is 24.0 Å². The molecule has 10 fully saturated rings. The Morgan fingerprint density at radius 2 is 0.919 bits per heavy atom. The van der Waals surface area contributed by atoms with E-state index in [1.807, 2.05) is 92.6 Å². The van der Waals surface area contributed by atoms with Gasteiger partial charge in [0, 0.05) is 40.7 Å². The van der Waals surface area contributed by atoms with E-state index in [-0.39, 0.29) is 143 Å². The molecule has 550 valence electrons. The molecule has 0 radical (unpaired) electrons. The van der Waals surface area contributed by atoms with Crippen LogP contribution in [0.15, 0.2) is 66.7 Å². The van der Waals surface area contributed by atoms with Gasteiger partial charge in [-0.1, -0.05) is 67.4 Å². The molecule has 4 bridgehead atoms. The number of benzene rings is 3. The molecule has 19 nitrogen and oxygen atoms in total. The summed E-state index contributed by atoms with van der Waals surface area (Å²) in [6, 6.07) is 17.8. The van der Waals surface area contributed by atoms with Crippen LogP contribution in [-0.2, 0) is 66.7 Å². The average molecular weight is 1460 g/mol. The van der Waals surface area contributed by atoms with Gasteiger partial charge in [-0.3, -0.25) is 14.4 Å². The molecule has 99 heavy (non-hydrogen) atoms. The Morgan fingerprint density at radius 1 is 0.545 bits per heavy atom. The van der Waals surface area contributed by atoms with Crippen molar-refractivity contribution in [1.82, 2.24) is 10.6 Å². The van der Waals surface area contributed by atoms with Gasteiger partial charge >= 0.3 is 17.9 Å². The third kappa shape index (κ3) is 27.2. The number of amides is 2. The number of hydrogen-bond donors (Lipinski definition) is 3. The number of carbonyl (C=O) groups is 6. The number of esters is 3. The molecule has 0 heterocycles. The van der Waals surface area contributed by atoms with Crippen molar-refractivity contribution < 1.29 is 84.9 Å². The third-order valence-corrected chi connectivity index (χ3v) is 19.6. The van der Waals surface area contributed by atoms with Gasteiger partial charge in [0.2, 0.25) is 0 Å². The maximum absolute atomic E-state index is 13.4. The minimum absolute atomic E-state index is 0.0118. The summed E-state index contributed by atoms with van der Waals surface area (Å²) >= 11 is 16.4. The Labute approximate surface area is 600 Å². The molecule has 0 spiro atoms. The Bertz CT molecular complexity index is 3190. The first kappa shape index (κ1) is 81.1. The van der Waals surface area contributed by atoms with Crippen molar-refractivity contribution in [2.24, 2.45) is 34.8 Å². The fourth-order valence-corrected chi connectivity index (χ4v) is 14.3. The molecule has 0 aliphatic heterocycles. The van der Waals surface area contributed by atoms with Crippen LogP contribution in [0, 0.1) is 40.7 Å². The Kier molecular flexibility index (Phi) is 29.0. The molecule has 2 amide bonds. The molecule has 25 heteroatoms. The first-order valence-electron chi connectivity index (χ1n) is 34.4. The van der Waals surface area contributed by atoms with E-state index in [9.17, 15) is 37.5 Å². The third-order valence-electron chi connectivity index (χ3n) is 18.0. The van der Waals surface area contributed by atoms with Gasteiger partial charge in [-0.2, -0.15) is 0 Å². The monoisotopic (exact) mass is 1460 g/mol. The molecule has 10 aliphatic carbocycles. The number of nitrogens with two attached hydrogens (primary N) is 1. The van der Waals surface area contributed by atoms with Crippen LogP contribution < -0.4 is 25.8 Å². The van der Waals surface area contributed by atoms with Crippen LogP contribution in [-0.4, -0.2) is 151 Å². The summed E-state index contributed by atoms with van der Waals surface area (Å²) in [5.41, 5.74) is 5.23. The predicted octanol–water partition coefficient (Wildman–Crippen LogP) is 12.9. The lowest BCUT2D eigenvalue weighted by Gasteiger charge is -2.70. The van der Waals surface area contributed by atoms with Crippen molar-refractivity contribution in [1.29, 1.82) is 0 Å². The van der Waals surface area contributed by atoms with Crippen molar-refractivity contribution in [3.63, 3.8) is 0 Å². The zero-order valence-electron chi connectivity index (χ0n) is 59.3. The standard InChI is InChI=1S/C21H25ClFNO4.C18H24O4S.C13H14ClFN2O2.C11H21O3P.C11H20O3/c1-13-4-16(5-13)27-8-14(25)7-20-10-21(11-20,12-20)24-19(26)9-28-15-2-3-17(22)18(23)6-15;1-18(2,3)22-16(19)12-20-15-9-13(10-15)11-21-17(23)14-7-5-4-6-8-14;14-9-2-1-8(3-10(9)15)19-4-11(18)17-13-5-12(16,6-13)7-13;1-11(2,3)14-10(12)6-13-9-4-8(5-9)7-15;1-8-5-9(6-8)13-7-10(12)14-11(2,3)4/h2-3,6,13,16H,4-5,7-12H2,1H3,(H,24,26);4-8,13,15H,9-12H2,1-3H3;1-3H,4-7,16H2,(H,17,18);8-9H,4-7,15H2,1-3H3;8-9H,5-7H2,1-4H3. The van der Waals surface area contributed by atoms with Gasteiger partial charge < -0.3 is 63.7 Å². The average Bonchev–Trinajstić information content (AvgIpc) is 0.693. The number of nitrogens with one attached hydrogen (secondary N) is 2. The first-order valence-corrected chi connectivity index (χ1v) is 36.4. The molecule has 0 saturated heterocycles. The molecule has 0 aromatic heterocycles. The van der Waals surface area contributed by atoms with Crippen molar-refractivity contribution in [2.45, 2.75) is 230 Å². The molecule has 10 aliphatic rings. The van der Waals surface area contributed by atoms with Gasteiger partial charge in [-0.25, -0.2) is 23.2 Å². The fourth-order valence-electron chi connectivity index (χ4n) is 13.5. The highest BCUT2D eigenvalue weighted by Crippen LogP contribution is 2.69. The molecule has 1 atom stereocenters. The summed E-state index contributed by atoms with van der Waals surface area (Å²) in [6.07, 6.45) is 15.7. The van der Waals surface area contributed by atoms with Gasteiger partial charge in [-0.15, -0.1) is 9.24 Å². The van der Waals surface area contributed by atoms with Crippen LogP contribution in [0.4, 0.5) is 8.78 Å². The van der Waals surface area contributed by atoms with E-state index >= 15 is 0 Å². The summed E-state index contributed by atoms with van der Waals surface area (Å²) in [5.74, 6) is 0.910. The number of ketones is 1. The molecule has 3 aromatic carbocycles. The SMILES string of the molecule is CC(C)(C)OC(=O)COC1CC(COC(=S)c2ccccc2)C1.CC(C)(C)OC(=O)COC1CC(CP)C1.CC1CC(OCC(=O)CC23CC(NC(=O)COc4ccc(Cl)c(F)c4)(C2)C3)C1.CC1CC(OCC(=O)OC(C)(C)C)C1.NC12CC(NC(=O)COc3ccc(Cl)c(F)c3)(C1)C2. The molecule has 4 N–H and O–H groups in total. The normalized spacial score (nSPS) is 27.6. The topological polar surface area (TPSA) is 245 Å². The van der Waals surface area contributed by atoms with E-state index in [1.165, 1.54) is 24.3 Å². The second-order valence-corrected chi connectivity index (χ2v) is 33.2. The second-order valence-electron chi connectivity index (χ2n) is 31.5. The maximum atomic E-state index is 13.4. The van der Waals surface area contributed by atoms with Crippen LogP contribution >= 0.6 is 44.7 Å². The van der Waals surface area contributed by atoms with Crippen LogP contribution in [0.2, 0.25) is 10.0 Å². The second kappa shape index (κ2) is 35.3. The van der Waals surface area contributed by atoms with Gasteiger partial charge in [0.25, 0.3) is 11.8 Å². The summed E-state index contributed by atoms with van der Waals surface area (Å²) in [6.45, 7) is 21.7. The minimum Gasteiger partial charge on any atom is -0.484 e. The molecular weight excluding hydrogens is 1360 g/mol. The summed E-state index contributed by atoms with van der Waals surface area (Å²) in [5, 5.41) is 6.49. The van der Waals surface area contributed by atoms with E-state index in [0.29, 0.717) is 29.9 Å². The molecule has 13 rings (SSSR count). The highest BCUT2D eigenvalue weighted by atomic mass is 35.5. The van der Waals surface area contributed by atoms with Crippen LogP contribution in [0.25, 0.3) is 0 Å². The van der Waals surface area contributed by atoms with Crippen molar-refractivity contribution in [2.75, 3.05) is 52.4 Å². The Hall–Kier alpha value is -5.16. The first-order chi connectivity index (χ1) is 46.3. The number of Topliss-reactive ketones (excluding diaryl/α,β-unsaturated/α-hetero) is 1. The maximum Gasteiger partial charge on any atom is 0.332 e. The van der Waals surface area contributed by atoms with Crippen LogP contribution in [0.3, 0.4) is 0 Å². The highest BCUT2D eigenvalue weighted by molar-refractivity contribution is 7.80. The molecule has 10 saturated carbocycles. The van der Waals surface area contributed by atoms with Gasteiger partial charge in [-0.05, 0) is 224 Å². The lowest BCUT2D eigenvalue weighted by Crippen LogP contribution is -2.82. The minimum atomic E-state index is -0.582. The number of rotatable bonds is 26. The number of hydrogen-bond acceptors (Lipinski definition) is 18. The number of ether oxygens (including phenoxy) is 10. The fraction of sp³-hybridized carbons (Fsp3) is 0.662. The number of halogens is 4. The van der Waals surface area contributed by atoms with Gasteiger partial charge in [0.1, 0.15) is 66.4 Å². The van der Waals surface area contributed by atoms with E-state index in [2.05, 4.69) is 33.7 Å². The largest absolute Gasteiger partial charge is 0.484 e. The molecule has 1 unspecified atom stereocenters. The van der Waals surface area contributed by atoms with E-state index in [4.69, 9.17) is 88.5 Å². The van der Waals surface area contributed by atoms with Crippen molar-refractivity contribution in [3.8, 4) is 11.5 Å². The van der Waals surface area contributed by atoms with E-state index in [0.717, 1.165) is 126 Å². The van der Waals surface area contributed by atoms with Crippen molar-refractivity contribution >= 4 is 85.2 Å². The van der Waals surface area contributed by atoms with E-state index < -0.39 is 28.4 Å². The molecule has 3 aromatic rings. The molecular formula is C74H104Cl2F2N3O16PS. The Morgan fingerprint density at radius 3 is 1.28 bits per heavy atom. The van der Waals surface area contributed by atoms with Crippen LogP contribution in [0.1, 0.15) is 178 Å². The summed E-state index contributed by atoms with van der Waals surface area (Å²) in [7, 11) is 2.74. The van der Waals surface area contributed by atoms with Crippen molar-refractivity contribution in [3.05, 3.63) is 94.0 Å². The zero-order chi connectivity index (χ0) is 72.7. The number of carbonyl (C=O) groups excluding carboxylic acids is 6. The number of thiocarbonyl (C=S) groups is 1. The highest BCUT2D eigenvalue weighted by Gasteiger charge is 2.69. The smallest absolute Gasteiger partial charge is 0.332 e. The summed E-state index contributed by atoms with van der Waals surface area (Å²) < 4.78 is 80.2. The lowest BCUT2D eigenvalue weighted by atomic mass is 9.38. The zero-order valence-corrected chi connectivity index (χ0v) is 62.8.